The maximum absolute atomic E-state index is 13.7. The summed E-state index contributed by atoms with van der Waals surface area (Å²) in [5.74, 6) is -2.82. The number of hydrogen-bond acceptors (Lipinski definition) is 6. The van der Waals surface area contributed by atoms with Crippen LogP contribution in [0.4, 0.5) is 33.6 Å². The fourth-order valence-corrected chi connectivity index (χ4v) is 6.62. The van der Waals surface area contributed by atoms with E-state index in [1.54, 1.807) is 12.3 Å². The van der Waals surface area contributed by atoms with E-state index in [9.17, 15) is 26.7 Å². The van der Waals surface area contributed by atoms with Crippen LogP contribution in [0.25, 0.3) is 22.6 Å². The van der Waals surface area contributed by atoms with Gasteiger partial charge < -0.3 is 20.1 Å². The minimum atomic E-state index is -5.03. The molecule has 2 aromatic carbocycles. The predicted molar refractivity (Wildman–Crippen MR) is 165 cm³/mol. The van der Waals surface area contributed by atoms with Crippen LogP contribution in [0.5, 0.6) is 0 Å². The topological polar surface area (TPSA) is 88.0 Å². The highest BCUT2D eigenvalue weighted by atomic mass is 35.5. The average Bonchev–Trinajstić information content (AvgIpc) is 3.39. The minimum Gasteiger partial charge on any atom is -0.350 e. The Kier molecular flexibility index (Phi) is 9.42. The molecular weight excluding hydrogens is 629 g/mol. The number of hydrogen-bond donors (Lipinski definition) is 2. The summed E-state index contributed by atoms with van der Waals surface area (Å²) in [6, 6.07) is 7.55. The molecule has 0 unspecified atom stereocenters. The van der Waals surface area contributed by atoms with Gasteiger partial charge in [-0.1, -0.05) is 36.9 Å². The van der Waals surface area contributed by atoms with Crippen molar-refractivity contribution in [3.8, 4) is 11.4 Å². The zero-order valence-electron chi connectivity index (χ0n) is 24.9. The number of nitrogens with one attached hydrogen (secondary N) is 2. The number of anilines is 2. The van der Waals surface area contributed by atoms with E-state index in [1.807, 2.05) is 4.57 Å². The average molecular weight is 662 g/mol. The van der Waals surface area contributed by atoms with Crippen LogP contribution >= 0.6 is 11.6 Å². The molecule has 0 bridgehead atoms. The second-order valence-corrected chi connectivity index (χ2v) is 12.3. The molecule has 4 aromatic rings. The summed E-state index contributed by atoms with van der Waals surface area (Å²) in [6.07, 6.45) is 1.87. The molecule has 0 radical (unpaired) electrons. The summed E-state index contributed by atoms with van der Waals surface area (Å²) in [5.41, 5.74) is 2.06. The molecule has 2 N–H and O–H groups in total. The molecule has 244 valence electrons. The highest BCUT2D eigenvalue weighted by molar-refractivity contribution is 6.33. The number of imidazole rings is 1. The van der Waals surface area contributed by atoms with Crippen LogP contribution < -0.4 is 15.5 Å². The Bertz CT molecular complexity index is 1720. The van der Waals surface area contributed by atoms with Gasteiger partial charge in [0.15, 0.2) is 17.3 Å². The molecule has 2 aliphatic rings. The van der Waals surface area contributed by atoms with Crippen molar-refractivity contribution < 1.29 is 26.7 Å². The van der Waals surface area contributed by atoms with E-state index in [0.29, 0.717) is 47.5 Å². The highest BCUT2D eigenvalue weighted by Crippen LogP contribution is 2.37. The number of alkyl halides is 3. The minimum absolute atomic E-state index is 0.0885. The van der Waals surface area contributed by atoms with Gasteiger partial charge in [0.05, 0.1) is 11.2 Å². The monoisotopic (exact) mass is 661 g/mol. The number of fused-ring (bicyclic) bond motifs is 1. The van der Waals surface area contributed by atoms with Crippen molar-refractivity contribution in [1.82, 2.24) is 24.8 Å². The van der Waals surface area contributed by atoms with Crippen LogP contribution in [-0.2, 0) is 17.9 Å². The second kappa shape index (κ2) is 13.5. The van der Waals surface area contributed by atoms with Crippen molar-refractivity contribution in [2.45, 2.75) is 70.3 Å². The third kappa shape index (κ3) is 6.95. The number of amides is 1. The lowest BCUT2D eigenvalue weighted by Gasteiger charge is -2.35. The quantitative estimate of drug-likeness (QED) is 0.193. The number of carbonyl (C=O) groups excluding carboxylic acids is 1. The van der Waals surface area contributed by atoms with Gasteiger partial charge in [0.2, 0.25) is 5.95 Å². The second-order valence-electron chi connectivity index (χ2n) is 11.9. The Morgan fingerprint density at radius 2 is 1.83 bits per heavy atom. The van der Waals surface area contributed by atoms with Crippen LogP contribution in [0.1, 0.15) is 50.5 Å². The van der Waals surface area contributed by atoms with Crippen LogP contribution in [-0.4, -0.2) is 50.7 Å². The fraction of sp³-hybridized carbons (Fsp3) is 0.438. The molecule has 14 heteroatoms. The fourth-order valence-electron chi connectivity index (χ4n) is 6.36. The van der Waals surface area contributed by atoms with Gasteiger partial charge in [-0.3, -0.25) is 4.79 Å². The van der Waals surface area contributed by atoms with E-state index < -0.39 is 29.8 Å². The number of piperidine rings is 1. The zero-order valence-corrected chi connectivity index (χ0v) is 25.6. The number of rotatable bonds is 8. The molecule has 6 rings (SSSR count). The van der Waals surface area contributed by atoms with Crippen LogP contribution in [0.2, 0.25) is 5.02 Å². The number of carbonyl (C=O) groups is 1. The van der Waals surface area contributed by atoms with Gasteiger partial charge in [0, 0.05) is 30.4 Å². The van der Waals surface area contributed by atoms with E-state index in [4.69, 9.17) is 21.6 Å². The van der Waals surface area contributed by atoms with Gasteiger partial charge in [-0.05, 0) is 80.6 Å². The molecule has 2 aromatic heterocycles. The van der Waals surface area contributed by atoms with Gasteiger partial charge in [-0.2, -0.15) is 18.2 Å². The Labute approximate surface area is 267 Å². The summed E-state index contributed by atoms with van der Waals surface area (Å²) >= 11 is 6.79. The van der Waals surface area contributed by atoms with E-state index in [-0.39, 0.29) is 29.1 Å². The third-order valence-electron chi connectivity index (χ3n) is 8.63. The molecule has 1 atom stereocenters. The Balaban J connectivity index is 1.36. The lowest BCUT2D eigenvalue weighted by atomic mass is 9.93. The lowest BCUT2D eigenvalue weighted by molar-refractivity contribution is -0.171. The largest absolute Gasteiger partial charge is 0.471 e. The maximum atomic E-state index is 13.7. The molecule has 0 spiro atoms. The summed E-state index contributed by atoms with van der Waals surface area (Å²) in [7, 11) is 0. The maximum Gasteiger partial charge on any atom is 0.471 e. The number of halogens is 6. The van der Waals surface area contributed by atoms with E-state index in [1.165, 1.54) is 18.2 Å². The molecule has 3 heterocycles. The summed E-state index contributed by atoms with van der Waals surface area (Å²) in [5, 5.41) is 6.60. The first-order valence-electron chi connectivity index (χ1n) is 15.4. The predicted octanol–water partition coefficient (Wildman–Crippen LogP) is 7.26. The van der Waals surface area contributed by atoms with Crippen LogP contribution in [0, 0.1) is 17.6 Å². The smallest absolute Gasteiger partial charge is 0.350 e. The number of aromatic nitrogens is 4. The van der Waals surface area contributed by atoms with Crippen molar-refractivity contribution in [3.05, 3.63) is 64.8 Å². The van der Waals surface area contributed by atoms with Crippen LogP contribution in [0.3, 0.4) is 0 Å². The van der Waals surface area contributed by atoms with Crippen molar-refractivity contribution in [3.63, 3.8) is 0 Å². The first kappa shape index (κ1) is 32.1. The summed E-state index contributed by atoms with van der Waals surface area (Å²) < 4.78 is 70.1. The highest BCUT2D eigenvalue weighted by Gasteiger charge is 2.45. The standard InChI is InChI=1S/C32H33ClF5N7O/c33-24-14-22(45(30(46)32(36,37)38)21-6-2-1-3-7-21)9-10-23(24)28-42-27-17-41-31(40-16-19-8-11-25(34)26(35)13-19)43-29(27)44(28)18-20-5-4-12-39-15-20/h8-11,13-14,17,20-21,39H,1-7,12,15-16,18H2,(H,40,41,43)/t20-/m1/s1. The first-order chi connectivity index (χ1) is 22.1. The Hall–Kier alpha value is -3.84. The van der Waals surface area contributed by atoms with Gasteiger partial charge in [-0.25, -0.2) is 18.7 Å². The molecule has 2 fully saturated rings. The van der Waals surface area contributed by atoms with Crippen LogP contribution in [0.15, 0.2) is 42.6 Å². The van der Waals surface area contributed by atoms with Crippen molar-refractivity contribution >= 4 is 40.3 Å². The summed E-state index contributed by atoms with van der Waals surface area (Å²) in [6.45, 7) is 2.40. The normalized spacial score (nSPS) is 17.7. The molecule has 1 saturated heterocycles. The summed E-state index contributed by atoms with van der Waals surface area (Å²) in [4.78, 5) is 27.3. The van der Waals surface area contributed by atoms with Crippen molar-refractivity contribution in [2.24, 2.45) is 5.92 Å². The molecule has 1 amide bonds. The molecule has 8 nitrogen and oxygen atoms in total. The van der Waals surface area contributed by atoms with Gasteiger partial charge in [-0.15, -0.1) is 0 Å². The Morgan fingerprint density at radius 3 is 2.52 bits per heavy atom. The van der Waals surface area contributed by atoms with Gasteiger partial charge in [0.25, 0.3) is 0 Å². The SMILES string of the molecule is O=C(N(c1ccc(-c2nc3cnc(NCc4ccc(F)c(F)c4)nc3n2C[C@@H]2CCCNC2)c(Cl)c1)C1CCCCC1)C(F)(F)F. The third-order valence-corrected chi connectivity index (χ3v) is 8.95. The number of benzene rings is 2. The van der Waals surface area contributed by atoms with E-state index >= 15 is 0 Å². The first-order valence-corrected chi connectivity index (χ1v) is 15.8. The zero-order chi connectivity index (χ0) is 32.4. The number of nitrogens with zero attached hydrogens (tertiary/aromatic N) is 5. The molecule has 1 aliphatic carbocycles. The molecule has 46 heavy (non-hydrogen) atoms. The lowest BCUT2D eigenvalue weighted by Crippen LogP contribution is -2.48. The van der Waals surface area contributed by atoms with E-state index in [0.717, 1.165) is 62.2 Å². The molecule has 1 aliphatic heterocycles. The molecule has 1 saturated carbocycles. The van der Waals surface area contributed by atoms with Crippen molar-refractivity contribution in [2.75, 3.05) is 23.3 Å². The van der Waals surface area contributed by atoms with Gasteiger partial charge in [0.1, 0.15) is 11.3 Å². The van der Waals surface area contributed by atoms with E-state index in [2.05, 4.69) is 15.6 Å². The molecular formula is C32H33ClF5N7O. The van der Waals surface area contributed by atoms with Crippen molar-refractivity contribution in [1.29, 1.82) is 0 Å². The Morgan fingerprint density at radius 1 is 1.02 bits per heavy atom. The van der Waals surface area contributed by atoms with Gasteiger partial charge >= 0.3 is 12.1 Å².